The van der Waals surface area contributed by atoms with Gasteiger partial charge in [-0.1, -0.05) is 29.8 Å². The Bertz CT molecular complexity index is 586. The maximum absolute atomic E-state index is 11.4. The normalized spacial score (nSPS) is 12.1. The Kier molecular flexibility index (Phi) is 4.56. The average Bonchev–Trinajstić information content (AvgIpc) is 2.39. The van der Waals surface area contributed by atoms with Gasteiger partial charge in [-0.25, -0.2) is 0 Å². The molecule has 0 saturated carbocycles. The van der Waals surface area contributed by atoms with E-state index < -0.39 is 11.9 Å². The Morgan fingerprint density at radius 2 is 2.05 bits per heavy atom. The number of pyridine rings is 1. The van der Waals surface area contributed by atoms with Gasteiger partial charge in [-0.3, -0.25) is 9.78 Å². The number of rotatable bonds is 4. The molecule has 98 valence electrons. The maximum Gasteiger partial charge on any atom is 0.312 e. The number of aliphatic carboxylic acids is 1. The average molecular weight is 341 g/mol. The molecule has 0 fully saturated rings. The van der Waals surface area contributed by atoms with Gasteiger partial charge in [-0.05, 0) is 46.1 Å². The largest absolute Gasteiger partial charge is 0.481 e. The van der Waals surface area contributed by atoms with E-state index >= 15 is 0 Å². The fourth-order valence-electron chi connectivity index (χ4n) is 1.80. The fourth-order valence-corrected chi connectivity index (χ4v) is 2.24. The first kappa shape index (κ1) is 14.0. The first-order valence-corrected chi connectivity index (χ1v) is 6.82. The minimum atomic E-state index is -0.908. The monoisotopic (exact) mass is 339 g/mol. The molecule has 0 amide bonds. The first-order chi connectivity index (χ1) is 9.08. The summed E-state index contributed by atoms with van der Waals surface area (Å²) in [5, 5.41) is 9.93. The second-order valence-electron chi connectivity index (χ2n) is 4.09. The van der Waals surface area contributed by atoms with E-state index in [4.69, 9.17) is 11.6 Å². The summed E-state index contributed by atoms with van der Waals surface area (Å²) < 4.78 is 0.818. The summed E-state index contributed by atoms with van der Waals surface area (Å²) in [5.41, 5.74) is 1.33. The predicted molar refractivity (Wildman–Crippen MR) is 77.5 cm³/mol. The number of aromatic nitrogens is 1. The van der Waals surface area contributed by atoms with Crippen molar-refractivity contribution in [3.05, 3.63) is 63.3 Å². The van der Waals surface area contributed by atoms with Crippen LogP contribution in [0.4, 0.5) is 0 Å². The Morgan fingerprint density at radius 3 is 2.63 bits per heavy atom. The van der Waals surface area contributed by atoms with Crippen molar-refractivity contribution in [3.8, 4) is 0 Å². The Hall–Kier alpha value is -1.39. The van der Waals surface area contributed by atoms with E-state index in [2.05, 4.69) is 20.9 Å². The Balaban J connectivity index is 2.29. The zero-order valence-corrected chi connectivity index (χ0v) is 12.2. The lowest BCUT2D eigenvalue weighted by Crippen LogP contribution is -2.16. The van der Waals surface area contributed by atoms with Gasteiger partial charge >= 0.3 is 5.97 Å². The molecule has 1 heterocycles. The van der Waals surface area contributed by atoms with Gasteiger partial charge in [-0.2, -0.15) is 0 Å². The molecule has 1 atom stereocenters. The summed E-state index contributed by atoms with van der Waals surface area (Å²) >= 11 is 9.34. The zero-order chi connectivity index (χ0) is 13.8. The van der Waals surface area contributed by atoms with Crippen LogP contribution in [0, 0.1) is 0 Å². The van der Waals surface area contributed by atoms with E-state index in [9.17, 15) is 9.90 Å². The second kappa shape index (κ2) is 6.17. The smallest absolute Gasteiger partial charge is 0.312 e. The van der Waals surface area contributed by atoms with Crippen LogP contribution in [0.25, 0.3) is 0 Å². The van der Waals surface area contributed by atoms with E-state index in [-0.39, 0.29) is 0 Å². The molecule has 0 radical (unpaired) electrons. The van der Waals surface area contributed by atoms with E-state index in [0.29, 0.717) is 17.1 Å². The lowest BCUT2D eigenvalue weighted by Gasteiger charge is -2.13. The molecule has 1 aromatic heterocycles. The third-order valence-electron chi connectivity index (χ3n) is 2.79. The lowest BCUT2D eigenvalue weighted by atomic mass is 9.96. The van der Waals surface area contributed by atoms with Crippen LogP contribution in [0.15, 0.2) is 47.1 Å². The van der Waals surface area contributed by atoms with Gasteiger partial charge in [0.05, 0.1) is 5.69 Å². The summed E-state index contributed by atoms with van der Waals surface area (Å²) in [5.74, 6) is -1.61. The van der Waals surface area contributed by atoms with Crippen molar-refractivity contribution in [2.75, 3.05) is 0 Å². The minimum absolute atomic E-state index is 0.323. The maximum atomic E-state index is 11.4. The third-order valence-corrected chi connectivity index (χ3v) is 3.63. The molecule has 3 nitrogen and oxygen atoms in total. The third kappa shape index (κ3) is 3.55. The van der Waals surface area contributed by atoms with Crippen LogP contribution in [0.2, 0.25) is 5.02 Å². The summed E-state index contributed by atoms with van der Waals surface area (Å²) in [6, 6.07) is 10.7. The summed E-state index contributed by atoms with van der Waals surface area (Å²) in [6.07, 6.45) is 1.92. The molecular weight excluding hydrogens is 330 g/mol. The predicted octanol–water partition coefficient (Wildman–Crippen LogP) is 3.91. The van der Waals surface area contributed by atoms with Gasteiger partial charge in [0.1, 0.15) is 5.92 Å². The molecule has 5 heteroatoms. The molecule has 0 saturated heterocycles. The van der Waals surface area contributed by atoms with Crippen molar-refractivity contribution in [1.29, 1.82) is 0 Å². The number of hydrogen-bond acceptors (Lipinski definition) is 2. The fraction of sp³-hybridized carbons (Fsp3) is 0.143. The van der Waals surface area contributed by atoms with Crippen LogP contribution in [-0.4, -0.2) is 16.1 Å². The highest BCUT2D eigenvalue weighted by molar-refractivity contribution is 9.10. The minimum Gasteiger partial charge on any atom is -0.481 e. The second-order valence-corrected chi connectivity index (χ2v) is 5.41. The molecule has 1 unspecified atom stereocenters. The molecule has 0 aliphatic carbocycles. The lowest BCUT2D eigenvalue weighted by molar-refractivity contribution is -0.138. The van der Waals surface area contributed by atoms with Gasteiger partial charge in [0.2, 0.25) is 0 Å². The van der Waals surface area contributed by atoms with E-state index in [0.717, 1.165) is 10.0 Å². The number of nitrogens with zero attached hydrogens (tertiary/aromatic N) is 1. The molecule has 1 aromatic carbocycles. The van der Waals surface area contributed by atoms with Gasteiger partial charge in [-0.15, -0.1) is 0 Å². The van der Waals surface area contributed by atoms with Crippen LogP contribution in [0.1, 0.15) is 17.2 Å². The molecule has 0 aliphatic heterocycles. The van der Waals surface area contributed by atoms with Crippen molar-refractivity contribution in [1.82, 2.24) is 4.98 Å². The number of carbonyl (C=O) groups is 1. The number of benzene rings is 1. The van der Waals surface area contributed by atoms with E-state index in [1.807, 2.05) is 18.2 Å². The highest BCUT2D eigenvalue weighted by Crippen LogP contribution is 2.25. The number of halogens is 2. The highest BCUT2D eigenvalue weighted by Gasteiger charge is 2.22. The standard InChI is InChI=1S/C14H11BrClNO2/c15-10-5-6-13(17-8-10)11(14(18)19)7-9-3-1-2-4-12(9)16/h1-6,8,11H,7H2,(H,18,19). The molecule has 0 aliphatic rings. The van der Waals surface area contributed by atoms with E-state index in [1.165, 1.54) is 0 Å². The Morgan fingerprint density at radius 1 is 1.32 bits per heavy atom. The molecule has 0 spiro atoms. The summed E-state index contributed by atoms with van der Waals surface area (Å²) in [4.78, 5) is 15.6. The van der Waals surface area contributed by atoms with Crippen molar-refractivity contribution < 1.29 is 9.90 Å². The van der Waals surface area contributed by atoms with Crippen LogP contribution in [0.5, 0.6) is 0 Å². The molecule has 19 heavy (non-hydrogen) atoms. The van der Waals surface area contributed by atoms with Crippen molar-refractivity contribution in [3.63, 3.8) is 0 Å². The number of carboxylic acid groups (broad SMARTS) is 1. The van der Waals surface area contributed by atoms with Gasteiger partial charge in [0.15, 0.2) is 0 Å². The van der Waals surface area contributed by atoms with Crippen LogP contribution >= 0.6 is 27.5 Å². The van der Waals surface area contributed by atoms with E-state index in [1.54, 1.807) is 24.4 Å². The van der Waals surface area contributed by atoms with Crippen molar-refractivity contribution >= 4 is 33.5 Å². The van der Waals surface area contributed by atoms with Crippen molar-refractivity contribution in [2.45, 2.75) is 12.3 Å². The molecule has 1 N–H and O–H groups in total. The van der Waals surface area contributed by atoms with Crippen LogP contribution in [-0.2, 0) is 11.2 Å². The van der Waals surface area contributed by atoms with Gasteiger partial charge < -0.3 is 5.11 Å². The Labute approximate surface area is 124 Å². The zero-order valence-electron chi connectivity index (χ0n) is 9.88. The SMILES string of the molecule is O=C(O)C(Cc1ccccc1Cl)c1ccc(Br)cn1. The first-order valence-electron chi connectivity index (χ1n) is 5.65. The molecule has 0 bridgehead atoms. The van der Waals surface area contributed by atoms with Crippen LogP contribution < -0.4 is 0 Å². The summed E-state index contributed by atoms with van der Waals surface area (Å²) in [6.45, 7) is 0. The molecule has 2 aromatic rings. The quantitative estimate of drug-likeness (QED) is 0.918. The van der Waals surface area contributed by atoms with Crippen LogP contribution in [0.3, 0.4) is 0 Å². The van der Waals surface area contributed by atoms with Gasteiger partial charge in [0, 0.05) is 15.7 Å². The highest BCUT2D eigenvalue weighted by atomic mass is 79.9. The summed E-state index contributed by atoms with van der Waals surface area (Å²) in [7, 11) is 0. The number of carboxylic acids is 1. The molecular formula is C14H11BrClNO2. The van der Waals surface area contributed by atoms with Crippen molar-refractivity contribution in [2.24, 2.45) is 0 Å². The molecule has 2 rings (SSSR count). The number of hydrogen-bond donors (Lipinski definition) is 1. The topological polar surface area (TPSA) is 50.2 Å². The van der Waals surface area contributed by atoms with Gasteiger partial charge in [0.25, 0.3) is 0 Å².